The standard InChI is InChI=1S/C19H14F3N3O4/c1-24(6-7-26)10-2-4-12-14(8-10)23-17-16(27)13-9-11(29-19(20,21)22)3-5-15(13)25(17)18(12)28/h2-5,8-9,26H,6-7H2,1H3. The summed E-state index contributed by atoms with van der Waals surface area (Å²) in [4.78, 5) is 31.7. The van der Waals surface area contributed by atoms with Gasteiger partial charge < -0.3 is 14.7 Å². The first kappa shape index (κ1) is 18.9. The van der Waals surface area contributed by atoms with Crippen molar-refractivity contribution in [3.8, 4) is 11.4 Å². The Kier molecular flexibility index (Phi) is 4.30. The van der Waals surface area contributed by atoms with Gasteiger partial charge >= 0.3 is 6.36 Å². The lowest BCUT2D eigenvalue weighted by Crippen LogP contribution is -2.23. The van der Waals surface area contributed by atoms with E-state index in [1.54, 1.807) is 30.1 Å². The van der Waals surface area contributed by atoms with Crippen LogP contribution in [0.1, 0.15) is 16.2 Å². The Bertz CT molecular complexity index is 1200. The van der Waals surface area contributed by atoms with Gasteiger partial charge in [0.2, 0.25) is 5.78 Å². The summed E-state index contributed by atoms with van der Waals surface area (Å²) in [6, 6.07) is 8.07. The number of aliphatic hydroxyl groups is 1. The summed E-state index contributed by atoms with van der Waals surface area (Å²) in [5.41, 5.74) is 0.520. The van der Waals surface area contributed by atoms with E-state index in [1.165, 1.54) is 6.07 Å². The zero-order chi connectivity index (χ0) is 20.9. The Morgan fingerprint density at radius 3 is 2.62 bits per heavy atom. The number of hydrogen-bond donors (Lipinski definition) is 1. The highest BCUT2D eigenvalue weighted by atomic mass is 19.4. The highest BCUT2D eigenvalue weighted by Gasteiger charge is 2.34. The monoisotopic (exact) mass is 405 g/mol. The van der Waals surface area contributed by atoms with Crippen LogP contribution in [-0.4, -0.2) is 47.0 Å². The topological polar surface area (TPSA) is 84.7 Å². The zero-order valence-corrected chi connectivity index (χ0v) is 15.0. The van der Waals surface area contributed by atoms with Crippen molar-refractivity contribution < 1.29 is 27.8 Å². The highest BCUT2D eigenvalue weighted by Crippen LogP contribution is 2.32. The van der Waals surface area contributed by atoms with Crippen molar-refractivity contribution in [1.82, 2.24) is 9.55 Å². The van der Waals surface area contributed by atoms with E-state index >= 15 is 0 Å². The van der Waals surface area contributed by atoms with Crippen molar-refractivity contribution in [2.45, 2.75) is 6.36 Å². The Balaban J connectivity index is 1.85. The molecule has 0 spiro atoms. The van der Waals surface area contributed by atoms with Crippen molar-refractivity contribution >= 4 is 22.4 Å². The van der Waals surface area contributed by atoms with Crippen molar-refractivity contribution in [2.75, 3.05) is 25.1 Å². The van der Waals surface area contributed by atoms with E-state index in [9.17, 15) is 22.8 Å². The fraction of sp³-hybridized carbons (Fsp3) is 0.211. The maximum atomic E-state index is 13.0. The molecule has 0 atom stereocenters. The number of anilines is 1. The van der Waals surface area contributed by atoms with Gasteiger partial charge in [-0.25, -0.2) is 4.98 Å². The molecule has 0 saturated carbocycles. The minimum atomic E-state index is -4.90. The van der Waals surface area contributed by atoms with Gasteiger partial charge in [0.25, 0.3) is 5.56 Å². The summed E-state index contributed by atoms with van der Waals surface area (Å²) in [5, 5.41) is 9.33. The molecule has 150 valence electrons. The summed E-state index contributed by atoms with van der Waals surface area (Å²) in [7, 11) is 1.75. The molecule has 1 N–H and O–H groups in total. The molecule has 2 aromatic carbocycles. The Morgan fingerprint density at radius 1 is 1.17 bits per heavy atom. The van der Waals surface area contributed by atoms with E-state index in [0.29, 0.717) is 12.2 Å². The molecule has 29 heavy (non-hydrogen) atoms. The van der Waals surface area contributed by atoms with Gasteiger partial charge in [-0.3, -0.25) is 14.2 Å². The summed E-state index contributed by atoms with van der Waals surface area (Å²) < 4.78 is 42.4. The smallest absolute Gasteiger partial charge is 0.406 e. The van der Waals surface area contributed by atoms with Crippen LogP contribution in [0.5, 0.6) is 5.75 Å². The zero-order valence-electron chi connectivity index (χ0n) is 15.0. The van der Waals surface area contributed by atoms with Crippen LogP contribution in [-0.2, 0) is 0 Å². The van der Waals surface area contributed by atoms with Gasteiger partial charge in [-0.15, -0.1) is 13.2 Å². The SMILES string of the molecule is CN(CCO)c1ccc2c(=O)n3c(nc2c1)C(=O)c1cc(OC(F)(F)F)ccc1-3. The Morgan fingerprint density at radius 2 is 1.93 bits per heavy atom. The van der Waals surface area contributed by atoms with Crippen LogP contribution in [0.25, 0.3) is 16.6 Å². The predicted molar refractivity (Wildman–Crippen MR) is 97.8 cm³/mol. The van der Waals surface area contributed by atoms with E-state index in [1.807, 2.05) is 0 Å². The number of hydrogen-bond acceptors (Lipinski definition) is 6. The number of aromatic nitrogens is 2. The molecule has 0 amide bonds. The third-order valence-electron chi connectivity index (χ3n) is 4.62. The number of aliphatic hydroxyl groups excluding tert-OH is 1. The van der Waals surface area contributed by atoms with E-state index in [2.05, 4.69) is 9.72 Å². The second-order valence-electron chi connectivity index (χ2n) is 6.48. The Hall–Kier alpha value is -3.40. The lowest BCUT2D eigenvalue weighted by molar-refractivity contribution is -0.274. The van der Waals surface area contributed by atoms with Gasteiger partial charge in [-0.05, 0) is 36.4 Å². The first-order chi connectivity index (χ1) is 13.7. The van der Waals surface area contributed by atoms with Crippen LogP contribution >= 0.6 is 0 Å². The largest absolute Gasteiger partial charge is 0.573 e. The van der Waals surface area contributed by atoms with Crippen molar-refractivity contribution in [3.63, 3.8) is 0 Å². The van der Waals surface area contributed by atoms with Crippen LogP contribution in [0.2, 0.25) is 0 Å². The number of carbonyl (C=O) groups is 1. The van der Waals surface area contributed by atoms with Crippen molar-refractivity contribution in [2.24, 2.45) is 0 Å². The fourth-order valence-corrected chi connectivity index (χ4v) is 3.28. The highest BCUT2D eigenvalue weighted by molar-refractivity contribution is 6.13. The predicted octanol–water partition coefficient (Wildman–Crippen LogP) is 2.26. The summed E-state index contributed by atoms with van der Waals surface area (Å²) >= 11 is 0. The molecule has 0 fully saturated rings. The molecular weight excluding hydrogens is 391 g/mol. The van der Waals surface area contributed by atoms with Gasteiger partial charge in [-0.1, -0.05) is 0 Å². The average molecular weight is 405 g/mol. The second kappa shape index (κ2) is 6.59. The van der Waals surface area contributed by atoms with Crippen LogP contribution in [0.3, 0.4) is 0 Å². The van der Waals surface area contributed by atoms with E-state index < -0.39 is 23.5 Å². The van der Waals surface area contributed by atoms with Crippen molar-refractivity contribution in [1.29, 1.82) is 0 Å². The second-order valence-corrected chi connectivity index (χ2v) is 6.48. The number of ether oxygens (including phenoxy) is 1. The van der Waals surface area contributed by atoms with Gasteiger partial charge in [0, 0.05) is 19.3 Å². The van der Waals surface area contributed by atoms with Gasteiger partial charge in [0.15, 0.2) is 5.82 Å². The molecule has 0 aliphatic carbocycles. The Labute approximate surface area is 161 Å². The number of rotatable bonds is 4. The molecule has 1 aromatic heterocycles. The summed E-state index contributed by atoms with van der Waals surface area (Å²) in [5.74, 6) is -1.40. The van der Waals surface area contributed by atoms with Gasteiger partial charge in [-0.2, -0.15) is 0 Å². The number of fused-ring (bicyclic) bond motifs is 4. The number of nitrogens with zero attached hydrogens (tertiary/aromatic N) is 3. The lowest BCUT2D eigenvalue weighted by Gasteiger charge is -2.18. The first-order valence-electron chi connectivity index (χ1n) is 8.53. The quantitative estimate of drug-likeness (QED) is 0.561. The number of alkyl halides is 3. The third kappa shape index (κ3) is 3.21. The molecule has 0 saturated heterocycles. The lowest BCUT2D eigenvalue weighted by atomic mass is 10.1. The van der Waals surface area contributed by atoms with E-state index in [-0.39, 0.29) is 34.6 Å². The first-order valence-corrected chi connectivity index (χ1v) is 8.53. The van der Waals surface area contributed by atoms with Crippen LogP contribution in [0.15, 0.2) is 41.2 Å². The minimum Gasteiger partial charge on any atom is -0.406 e. The fourth-order valence-electron chi connectivity index (χ4n) is 3.28. The van der Waals surface area contributed by atoms with Crippen LogP contribution in [0.4, 0.5) is 18.9 Å². The van der Waals surface area contributed by atoms with Crippen molar-refractivity contribution in [3.05, 3.63) is 58.1 Å². The molecule has 0 unspecified atom stereocenters. The van der Waals surface area contributed by atoms with Crippen LogP contribution in [0, 0.1) is 0 Å². The number of likely N-dealkylation sites (N-methyl/N-ethyl adjacent to an activating group) is 1. The van der Waals surface area contributed by atoms with Gasteiger partial charge in [0.05, 0.1) is 28.8 Å². The number of carbonyl (C=O) groups excluding carboxylic acids is 1. The van der Waals surface area contributed by atoms with Crippen LogP contribution < -0.4 is 15.2 Å². The molecular formula is C19H14F3N3O4. The normalized spacial score (nSPS) is 12.8. The number of benzene rings is 2. The molecule has 3 aromatic rings. The molecule has 4 rings (SSSR count). The maximum absolute atomic E-state index is 13.0. The number of halogens is 3. The molecule has 10 heteroatoms. The maximum Gasteiger partial charge on any atom is 0.573 e. The molecule has 1 aliphatic heterocycles. The summed E-state index contributed by atoms with van der Waals surface area (Å²) in [6.45, 7) is 0.298. The van der Waals surface area contributed by atoms with E-state index in [0.717, 1.165) is 16.7 Å². The molecule has 2 heterocycles. The molecule has 0 radical (unpaired) electrons. The number of ketones is 1. The molecule has 0 bridgehead atoms. The third-order valence-corrected chi connectivity index (χ3v) is 4.62. The average Bonchev–Trinajstić information content (AvgIpc) is 2.93. The van der Waals surface area contributed by atoms with Gasteiger partial charge in [0.1, 0.15) is 5.75 Å². The molecule has 7 nitrogen and oxygen atoms in total. The minimum absolute atomic E-state index is 0.0645. The van der Waals surface area contributed by atoms with E-state index in [4.69, 9.17) is 5.11 Å². The molecule has 1 aliphatic rings. The summed E-state index contributed by atoms with van der Waals surface area (Å²) in [6.07, 6.45) is -4.90.